The van der Waals surface area contributed by atoms with Crippen molar-refractivity contribution in [3.63, 3.8) is 0 Å². The Morgan fingerprint density at radius 2 is 2.35 bits per heavy atom. The molecule has 2 aliphatic heterocycles. The molecule has 0 saturated carbocycles. The Kier molecular flexibility index (Phi) is 2.28. The van der Waals surface area contributed by atoms with Gasteiger partial charge in [0.15, 0.2) is 5.69 Å². The number of aryl methyl sites for hydroxylation is 2. The molecular weight excluding hydrogens is 216 g/mol. The van der Waals surface area contributed by atoms with Gasteiger partial charge >= 0.3 is 0 Å². The molecule has 3 heterocycles. The van der Waals surface area contributed by atoms with Crippen molar-refractivity contribution in [1.82, 2.24) is 14.7 Å². The van der Waals surface area contributed by atoms with Crippen LogP contribution in [0.15, 0.2) is 4.99 Å². The maximum absolute atomic E-state index is 12.5. The molecule has 0 N–H and O–H groups in total. The van der Waals surface area contributed by atoms with Crippen LogP contribution in [0.4, 0.5) is 5.69 Å². The topological polar surface area (TPSA) is 50.5 Å². The van der Waals surface area contributed by atoms with Crippen molar-refractivity contribution in [3.05, 3.63) is 11.4 Å². The molecule has 0 aliphatic carbocycles. The summed E-state index contributed by atoms with van der Waals surface area (Å²) in [6, 6.07) is 0.180. The zero-order valence-electron chi connectivity index (χ0n) is 10.2. The molecule has 0 unspecified atom stereocenters. The van der Waals surface area contributed by atoms with E-state index in [0.29, 0.717) is 12.2 Å². The molecule has 0 bridgehead atoms. The average Bonchev–Trinajstić information content (AvgIpc) is 2.87. The number of fused-ring (bicyclic) bond motifs is 2. The second kappa shape index (κ2) is 3.68. The summed E-state index contributed by atoms with van der Waals surface area (Å²) in [7, 11) is 0. The van der Waals surface area contributed by atoms with Crippen LogP contribution in [0.25, 0.3) is 0 Å². The van der Waals surface area contributed by atoms with E-state index in [1.807, 2.05) is 25.0 Å². The number of carbonyl (C=O) groups excluding carboxylic acids is 1. The molecule has 0 radical (unpaired) electrons. The number of amides is 1. The van der Waals surface area contributed by atoms with Gasteiger partial charge < -0.3 is 4.90 Å². The fourth-order valence-corrected chi connectivity index (χ4v) is 2.66. The van der Waals surface area contributed by atoms with Gasteiger partial charge in [-0.2, -0.15) is 5.10 Å². The molecule has 0 aromatic carbocycles. The number of nitrogens with zero attached hydrogens (tertiary/aromatic N) is 4. The lowest BCUT2D eigenvalue weighted by Gasteiger charge is -2.20. The molecule has 3 rings (SSSR count). The highest BCUT2D eigenvalue weighted by Crippen LogP contribution is 2.30. The molecule has 17 heavy (non-hydrogen) atoms. The van der Waals surface area contributed by atoms with Gasteiger partial charge in [-0.05, 0) is 26.7 Å². The number of hydrogen-bond donors (Lipinski definition) is 0. The van der Waals surface area contributed by atoms with Gasteiger partial charge in [0.1, 0.15) is 5.69 Å². The van der Waals surface area contributed by atoms with Gasteiger partial charge in [-0.15, -0.1) is 0 Å². The van der Waals surface area contributed by atoms with Crippen LogP contribution in [-0.2, 0) is 6.54 Å². The van der Waals surface area contributed by atoms with E-state index in [-0.39, 0.29) is 11.9 Å². The highest BCUT2D eigenvalue weighted by Gasteiger charge is 2.34. The first-order valence-electron chi connectivity index (χ1n) is 6.15. The summed E-state index contributed by atoms with van der Waals surface area (Å²) < 4.78 is 1.77. The number of carbonyl (C=O) groups is 1. The van der Waals surface area contributed by atoms with Crippen LogP contribution >= 0.6 is 0 Å². The van der Waals surface area contributed by atoms with Crippen LogP contribution < -0.4 is 0 Å². The summed E-state index contributed by atoms with van der Waals surface area (Å²) in [6.07, 6.45) is 4.00. The fourth-order valence-electron chi connectivity index (χ4n) is 2.66. The summed E-state index contributed by atoms with van der Waals surface area (Å²) in [5, 5.41) is 4.37. The summed E-state index contributed by atoms with van der Waals surface area (Å²) in [6.45, 7) is 5.45. The molecule has 90 valence electrons. The minimum atomic E-state index is 0.0856. The van der Waals surface area contributed by atoms with Crippen molar-refractivity contribution >= 4 is 17.8 Å². The number of rotatable bonds is 1. The first kappa shape index (κ1) is 10.5. The van der Waals surface area contributed by atoms with Gasteiger partial charge in [-0.1, -0.05) is 0 Å². The largest absolute Gasteiger partial charge is 0.329 e. The Morgan fingerprint density at radius 1 is 1.53 bits per heavy atom. The van der Waals surface area contributed by atoms with Crippen molar-refractivity contribution in [1.29, 1.82) is 0 Å². The number of aliphatic imine (C=N–C) groups is 1. The van der Waals surface area contributed by atoms with E-state index in [4.69, 9.17) is 0 Å². The van der Waals surface area contributed by atoms with Gasteiger partial charge in [0, 0.05) is 19.3 Å². The second-order valence-corrected chi connectivity index (χ2v) is 4.58. The van der Waals surface area contributed by atoms with E-state index in [9.17, 15) is 4.79 Å². The van der Waals surface area contributed by atoms with Gasteiger partial charge in [0.25, 0.3) is 5.91 Å². The Labute approximate surface area is 100 Å². The zero-order chi connectivity index (χ0) is 12.0. The normalized spacial score (nSPS) is 22.6. The highest BCUT2D eigenvalue weighted by atomic mass is 16.2. The van der Waals surface area contributed by atoms with Gasteiger partial charge in [-0.3, -0.25) is 14.5 Å². The van der Waals surface area contributed by atoms with Gasteiger partial charge in [-0.25, -0.2) is 0 Å². The van der Waals surface area contributed by atoms with E-state index in [2.05, 4.69) is 10.1 Å². The molecule has 5 heteroatoms. The van der Waals surface area contributed by atoms with E-state index in [1.165, 1.54) is 0 Å². The van der Waals surface area contributed by atoms with Crippen molar-refractivity contribution in [3.8, 4) is 0 Å². The van der Waals surface area contributed by atoms with Crippen molar-refractivity contribution in [2.45, 2.75) is 39.3 Å². The SMILES string of the molecule is CCn1nc(C)c2c1C(=O)N1CCC[C@H]1C=N2. The zero-order valence-corrected chi connectivity index (χ0v) is 10.2. The van der Waals surface area contributed by atoms with Crippen LogP contribution in [-0.4, -0.2) is 39.4 Å². The number of hydrogen-bond acceptors (Lipinski definition) is 3. The quantitative estimate of drug-likeness (QED) is 0.737. The predicted molar refractivity (Wildman–Crippen MR) is 64.8 cm³/mol. The summed E-state index contributed by atoms with van der Waals surface area (Å²) in [5.74, 6) is 0.0856. The minimum absolute atomic E-state index is 0.0856. The Bertz CT molecular complexity index is 503. The fraction of sp³-hybridized carbons (Fsp3) is 0.583. The first-order valence-corrected chi connectivity index (χ1v) is 6.15. The Morgan fingerprint density at radius 3 is 3.12 bits per heavy atom. The summed E-state index contributed by atoms with van der Waals surface area (Å²) in [4.78, 5) is 18.9. The van der Waals surface area contributed by atoms with E-state index in [1.54, 1.807) is 4.68 Å². The third-order valence-electron chi connectivity index (χ3n) is 3.53. The van der Waals surface area contributed by atoms with Crippen LogP contribution in [0.5, 0.6) is 0 Å². The van der Waals surface area contributed by atoms with Gasteiger partial charge in [0.05, 0.1) is 11.7 Å². The lowest BCUT2D eigenvalue weighted by Crippen LogP contribution is -2.36. The second-order valence-electron chi connectivity index (χ2n) is 4.58. The summed E-state index contributed by atoms with van der Waals surface area (Å²) >= 11 is 0. The highest BCUT2D eigenvalue weighted by molar-refractivity contribution is 6.01. The minimum Gasteiger partial charge on any atom is -0.329 e. The predicted octanol–water partition coefficient (Wildman–Crippen LogP) is 1.53. The molecular formula is C12H16N4O. The molecule has 0 spiro atoms. The molecule has 1 amide bonds. The van der Waals surface area contributed by atoms with E-state index >= 15 is 0 Å². The van der Waals surface area contributed by atoms with Crippen LogP contribution in [0.1, 0.15) is 35.9 Å². The lowest BCUT2D eigenvalue weighted by molar-refractivity contribution is 0.0762. The van der Waals surface area contributed by atoms with Gasteiger partial charge in [0.2, 0.25) is 0 Å². The third kappa shape index (κ3) is 1.41. The van der Waals surface area contributed by atoms with E-state index < -0.39 is 0 Å². The van der Waals surface area contributed by atoms with E-state index in [0.717, 1.165) is 30.8 Å². The molecule has 2 aliphatic rings. The molecule has 1 atom stereocenters. The first-order chi connectivity index (χ1) is 8.22. The molecule has 1 aromatic heterocycles. The molecule has 1 fully saturated rings. The van der Waals surface area contributed by atoms with Crippen LogP contribution in [0.2, 0.25) is 0 Å². The standard InChI is InChI=1S/C12H16N4O/c1-3-16-11-10(8(2)14-16)13-7-9-5-4-6-15(9)12(11)17/h7,9H,3-6H2,1-2H3/t9-/m0/s1. The maximum atomic E-state index is 12.5. The van der Waals surface area contributed by atoms with Crippen molar-refractivity contribution in [2.75, 3.05) is 6.54 Å². The summed E-state index contributed by atoms with van der Waals surface area (Å²) in [5.41, 5.74) is 2.25. The smallest absolute Gasteiger partial charge is 0.274 e. The number of aromatic nitrogens is 2. The average molecular weight is 232 g/mol. The van der Waals surface area contributed by atoms with Crippen molar-refractivity contribution < 1.29 is 4.79 Å². The Hall–Kier alpha value is -1.65. The molecule has 5 nitrogen and oxygen atoms in total. The third-order valence-corrected chi connectivity index (χ3v) is 3.53. The molecule has 1 saturated heterocycles. The lowest BCUT2D eigenvalue weighted by atomic mass is 10.2. The molecule has 1 aromatic rings. The van der Waals surface area contributed by atoms with Crippen molar-refractivity contribution in [2.24, 2.45) is 4.99 Å². The maximum Gasteiger partial charge on any atom is 0.274 e. The van der Waals surface area contributed by atoms with Crippen LogP contribution in [0.3, 0.4) is 0 Å². The Balaban J connectivity index is 2.16. The van der Waals surface area contributed by atoms with Crippen LogP contribution in [0, 0.1) is 6.92 Å². The monoisotopic (exact) mass is 232 g/mol.